The van der Waals surface area contributed by atoms with E-state index in [1.165, 1.54) is 0 Å². The van der Waals surface area contributed by atoms with E-state index in [4.69, 9.17) is 16.7 Å². The van der Waals surface area contributed by atoms with Crippen molar-refractivity contribution in [2.45, 2.75) is 32.1 Å². The molecule has 4 nitrogen and oxygen atoms in total. The number of amides is 1. The predicted octanol–water partition coefficient (Wildman–Crippen LogP) is 3.87. The van der Waals surface area contributed by atoms with Gasteiger partial charge >= 0.3 is 5.97 Å². The lowest BCUT2D eigenvalue weighted by molar-refractivity contribution is -0.137. The van der Waals surface area contributed by atoms with Crippen molar-refractivity contribution in [3.63, 3.8) is 0 Å². The molecule has 1 aromatic carbocycles. The zero-order chi connectivity index (χ0) is 15.0. The Morgan fingerprint density at radius 3 is 2.55 bits per heavy atom. The van der Waals surface area contributed by atoms with Crippen LogP contribution < -0.4 is 5.32 Å². The summed E-state index contributed by atoms with van der Waals surface area (Å²) in [4.78, 5) is 22.2. The van der Waals surface area contributed by atoms with Gasteiger partial charge in [-0.1, -0.05) is 24.4 Å². The molecular formula is C14H17BrClNO3. The number of rotatable bonds is 8. The number of hydrogen-bond acceptors (Lipinski definition) is 2. The molecule has 0 atom stereocenters. The molecule has 110 valence electrons. The van der Waals surface area contributed by atoms with Gasteiger partial charge in [-0.05, 0) is 47.0 Å². The van der Waals surface area contributed by atoms with E-state index in [0.717, 1.165) is 19.3 Å². The van der Waals surface area contributed by atoms with Crippen LogP contribution in [-0.4, -0.2) is 23.5 Å². The van der Waals surface area contributed by atoms with Crippen LogP contribution in [0.2, 0.25) is 5.02 Å². The molecular weight excluding hydrogens is 346 g/mol. The molecule has 0 radical (unpaired) electrons. The first kappa shape index (κ1) is 17.0. The maximum absolute atomic E-state index is 11.9. The zero-order valence-electron chi connectivity index (χ0n) is 11.0. The summed E-state index contributed by atoms with van der Waals surface area (Å²) in [6.07, 6.45) is 3.52. The molecule has 0 aliphatic carbocycles. The van der Waals surface area contributed by atoms with Crippen LogP contribution in [0.25, 0.3) is 0 Å². The Balaban J connectivity index is 2.22. The van der Waals surface area contributed by atoms with Gasteiger partial charge < -0.3 is 10.4 Å². The average molecular weight is 363 g/mol. The van der Waals surface area contributed by atoms with Crippen molar-refractivity contribution >= 4 is 39.4 Å². The highest BCUT2D eigenvalue weighted by atomic mass is 79.9. The van der Waals surface area contributed by atoms with Crippen molar-refractivity contribution in [2.75, 3.05) is 6.54 Å². The molecule has 1 amide bonds. The SMILES string of the molecule is O=C(O)CCCCCCNC(=O)c1ccc(Cl)cc1Br. The third-order valence-corrected chi connectivity index (χ3v) is 3.67. The molecule has 0 heterocycles. The molecule has 0 aliphatic heterocycles. The molecule has 0 fully saturated rings. The van der Waals surface area contributed by atoms with E-state index in [2.05, 4.69) is 21.2 Å². The fourth-order valence-corrected chi connectivity index (χ4v) is 2.59. The molecule has 1 aromatic rings. The standard InChI is InChI=1S/C14H17BrClNO3/c15-12-9-10(16)6-7-11(12)14(20)17-8-4-2-1-3-5-13(18)19/h6-7,9H,1-5,8H2,(H,17,20)(H,18,19). The lowest BCUT2D eigenvalue weighted by Gasteiger charge is -2.07. The van der Waals surface area contributed by atoms with Gasteiger partial charge in [0.1, 0.15) is 0 Å². The molecule has 0 aliphatic rings. The van der Waals surface area contributed by atoms with Crippen LogP contribution in [-0.2, 0) is 4.79 Å². The molecule has 0 saturated carbocycles. The average Bonchev–Trinajstić information content (AvgIpc) is 2.37. The summed E-state index contributed by atoms with van der Waals surface area (Å²) in [7, 11) is 0. The van der Waals surface area contributed by atoms with Crippen LogP contribution >= 0.6 is 27.5 Å². The predicted molar refractivity (Wildman–Crippen MR) is 82.2 cm³/mol. The Hall–Kier alpha value is -1.07. The molecule has 0 spiro atoms. The van der Waals surface area contributed by atoms with Gasteiger partial charge in [0.25, 0.3) is 5.91 Å². The van der Waals surface area contributed by atoms with Crippen molar-refractivity contribution in [1.82, 2.24) is 5.32 Å². The third kappa shape index (κ3) is 6.39. The lowest BCUT2D eigenvalue weighted by atomic mass is 10.1. The Morgan fingerprint density at radius 2 is 1.90 bits per heavy atom. The fraction of sp³-hybridized carbons (Fsp3) is 0.429. The Kier molecular flexibility index (Phi) is 7.62. The lowest BCUT2D eigenvalue weighted by Crippen LogP contribution is -2.24. The summed E-state index contributed by atoms with van der Waals surface area (Å²) in [5, 5.41) is 11.9. The summed E-state index contributed by atoms with van der Waals surface area (Å²) in [6.45, 7) is 0.584. The van der Waals surface area contributed by atoms with Gasteiger partial charge in [-0.15, -0.1) is 0 Å². The maximum Gasteiger partial charge on any atom is 0.303 e. The number of nitrogens with one attached hydrogen (secondary N) is 1. The molecule has 20 heavy (non-hydrogen) atoms. The van der Waals surface area contributed by atoms with Gasteiger partial charge in [-0.25, -0.2) is 0 Å². The monoisotopic (exact) mass is 361 g/mol. The van der Waals surface area contributed by atoms with E-state index in [1.54, 1.807) is 18.2 Å². The van der Waals surface area contributed by atoms with Gasteiger partial charge in [0.15, 0.2) is 0 Å². The number of carbonyl (C=O) groups is 2. The van der Waals surface area contributed by atoms with E-state index in [9.17, 15) is 9.59 Å². The molecule has 0 saturated heterocycles. The minimum absolute atomic E-state index is 0.140. The quantitative estimate of drug-likeness (QED) is 0.690. The second kappa shape index (κ2) is 8.97. The number of unbranched alkanes of at least 4 members (excludes halogenated alkanes) is 3. The third-order valence-electron chi connectivity index (χ3n) is 2.78. The Labute approximate surface area is 131 Å². The van der Waals surface area contributed by atoms with Crippen molar-refractivity contribution < 1.29 is 14.7 Å². The smallest absolute Gasteiger partial charge is 0.303 e. The van der Waals surface area contributed by atoms with Gasteiger partial charge in [-0.3, -0.25) is 9.59 Å². The van der Waals surface area contributed by atoms with Crippen LogP contribution in [0.1, 0.15) is 42.5 Å². The normalized spacial score (nSPS) is 10.3. The number of hydrogen-bond donors (Lipinski definition) is 2. The van der Waals surface area contributed by atoms with Crippen LogP contribution in [0.3, 0.4) is 0 Å². The summed E-state index contributed by atoms with van der Waals surface area (Å²) < 4.78 is 0.670. The van der Waals surface area contributed by atoms with Gasteiger partial charge in [0.05, 0.1) is 5.56 Å². The first-order valence-corrected chi connectivity index (χ1v) is 7.63. The van der Waals surface area contributed by atoms with E-state index in [-0.39, 0.29) is 12.3 Å². The number of carboxylic acids is 1. The Bertz CT molecular complexity index is 479. The molecule has 2 N–H and O–H groups in total. The molecule has 0 aromatic heterocycles. The van der Waals surface area contributed by atoms with Crippen molar-refractivity contribution in [3.05, 3.63) is 33.3 Å². The van der Waals surface area contributed by atoms with E-state index >= 15 is 0 Å². The van der Waals surface area contributed by atoms with Crippen molar-refractivity contribution in [3.8, 4) is 0 Å². The van der Waals surface area contributed by atoms with Gasteiger partial charge in [-0.2, -0.15) is 0 Å². The molecule has 6 heteroatoms. The highest BCUT2D eigenvalue weighted by Crippen LogP contribution is 2.21. The summed E-state index contributed by atoms with van der Waals surface area (Å²) >= 11 is 9.12. The minimum atomic E-state index is -0.758. The number of benzene rings is 1. The van der Waals surface area contributed by atoms with Gasteiger partial charge in [0, 0.05) is 22.5 Å². The number of halogens is 2. The summed E-state index contributed by atoms with van der Waals surface area (Å²) in [5.41, 5.74) is 0.556. The Morgan fingerprint density at radius 1 is 1.20 bits per heavy atom. The second-order valence-electron chi connectivity index (χ2n) is 4.44. The zero-order valence-corrected chi connectivity index (χ0v) is 13.3. The fourth-order valence-electron chi connectivity index (χ4n) is 1.73. The number of carboxylic acid groups (broad SMARTS) is 1. The van der Waals surface area contributed by atoms with Crippen molar-refractivity contribution in [2.24, 2.45) is 0 Å². The van der Waals surface area contributed by atoms with Crippen LogP contribution in [0.15, 0.2) is 22.7 Å². The highest BCUT2D eigenvalue weighted by molar-refractivity contribution is 9.10. The first-order valence-electron chi connectivity index (χ1n) is 6.45. The summed E-state index contributed by atoms with van der Waals surface area (Å²) in [5.74, 6) is -0.898. The van der Waals surface area contributed by atoms with Crippen molar-refractivity contribution in [1.29, 1.82) is 0 Å². The van der Waals surface area contributed by atoms with Crippen LogP contribution in [0, 0.1) is 0 Å². The van der Waals surface area contributed by atoms with E-state index in [0.29, 0.717) is 28.0 Å². The largest absolute Gasteiger partial charge is 0.481 e. The molecule has 0 unspecified atom stereocenters. The van der Waals surface area contributed by atoms with E-state index < -0.39 is 5.97 Å². The topological polar surface area (TPSA) is 66.4 Å². The van der Waals surface area contributed by atoms with Crippen LogP contribution in [0.4, 0.5) is 0 Å². The van der Waals surface area contributed by atoms with Crippen LogP contribution in [0.5, 0.6) is 0 Å². The summed E-state index contributed by atoms with van der Waals surface area (Å²) in [6, 6.07) is 5.03. The minimum Gasteiger partial charge on any atom is -0.481 e. The highest BCUT2D eigenvalue weighted by Gasteiger charge is 2.09. The first-order chi connectivity index (χ1) is 9.50. The van der Waals surface area contributed by atoms with Gasteiger partial charge in [0.2, 0.25) is 0 Å². The van der Waals surface area contributed by atoms with E-state index in [1.807, 2.05) is 0 Å². The molecule has 0 bridgehead atoms. The molecule has 1 rings (SSSR count). The number of aliphatic carboxylic acids is 1. The number of carbonyl (C=O) groups excluding carboxylic acids is 1. The maximum atomic E-state index is 11.9. The second-order valence-corrected chi connectivity index (χ2v) is 5.73.